The molecule has 0 radical (unpaired) electrons. The fourth-order valence-electron chi connectivity index (χ4n) is 4.43. The second-order valence-corrected chi connectivity index (χ2v) is 9.12. The van der Waals surface area contributed by atoms with Crippen molar-refractivity contribution >= 4 is 11.8 Å². The van der Waals surface area contributed by atoms with Gasteiger partial charge in [0.2, 0.25) is 5.91 Å². The SMILES string of the molecule is O=C(NC(C1CC1)C1CC1)c1ccc(OC2CCN(C(=O)C3CC3)CC2)cc1. The summed E-state index contributed by atoms with van der Waals surface area (Å²) in [7, 11) is 0. The Bertz CT molecular complexity index is 715. The van der Waals surface area contributed by atoms with Gasteiger partial charge in [-0.05, 0) is 74.6 Å². The summed E-state index contributed by atoms with van der Waals surface area (Å²) in [4.78, 5) is 26.7. The molecule has 0 bridgehead atoms. The second-order valence-electron chi connectivity index (χ2n) is 9.12. The standard InChI is InChI=1S/C23H30N2O3/c26-22(24-21(15-1-2-15)16-3-4-16)17-7-9-19(10-8-17)28-20-11-13-25(14-12-20)23(27)18-5-6-18/h7-10,15-16,18,20-21H,1-6,11-14H2,(H,24,26). The highest BCUT2D eigenvalue weighted by molar-refractivity contribution is 5.94. The molecule has 150 valence electrons. The lowest BCUT2D eigenvalue weighted by Crippen LogP contribution is -2.42. The van der Waals surface area contributed by atoms with Crippen molar-refractivity contribution in [3.05, 3.63) is 29.8 Å². The van der Waals surface area contributed by atoms with Crippen molar-refractivity contribution in [2.45, 2.75) is 63.5 Å². The fourth-order valence-corrected chi connectivity index (χ4v) is 4.43. The zero-order valence-electron chi connectivity index (χ0n) is 16.4. The molecule has 3 saturated carbocycles. The Balaban J connectivity index is 1.11. The number of amides is 2. The minimum absolute atomic E-state index is 0.0437. The Morgan fingerprint density at radius 3 is 2.04 bits per heavy atom. The number of likely N-dealkylation sites (tertiary alicyclic amines) is 1. The number of nitrogens with zero attached hydrogens (tertiary/aromatic N) is 1. The predicted octanol–water partition coefficient (Wildman–Crippen LogP) is 3.38. The summed E-state index contributed by atoms with van der Waals surface area (Å²) in [5.41, 5.74) is 0.712. The van der Waals surface area contributed by atoms with Crippen LogP contribution in [-0.4, -0.2) is 41.9 Å². The summed E-state index contributed by atoms with van der Waals surface area (Å²) in [6.45, 7) is 1.59. The average molecular weight is 383 g/mol. The van der Waals surface area contributed by atoms with E-state index in [0.717, 1.165) is 44.5 Å². The highest BCUT2D eigenvalue weighted by atomic mass is 16.5. The van der Waals surface area contributed by atoms with Gasteiger partial charge < -0.3 is 15.0 Å². The lowest BCUT2D eigenvalue weighted by atomic mass is 10.1. The van der Waals surface area contributed by atoms with Crippen LogP contribution in [0.25, 0.3) is 0 Å². The highest BCUT2D eigenvalue weighted by Crippen LogP contribution is 2.44. The summed E-state index contributed by atoms with van der Waals surface area (Å²) < 4.78 is 6.10. The van der Waals surface area contributed by atoms with E-state index >= 15 is 0 Å². The zero-order chi connectivity index (χ0) is 19.1. The molecule has 1 aromatic carbocycles. The third-order valence-corrected chi connectivity index (χ3v) is 6.66. The van der Waals surface area contributed by atoms with Crippen molar-refractivity contribution in [2.75, 3.05) is 13.1 Å². The van der Waals surface area contributed by atoms with E-state index in [0.29, 0.717) is 35.3 Å². The lowest BCUT2D eigenvalue weighted by molar-refractivity contribution is -0.134. The van der Waals surface area contributed by atoms with Crippen molar-refractivity contribution in [1.29, 1.82) is 0 Å². The number of nitrogens with one attached hydrogen (secondary N) is 1. The number of carbonyl (C=O) groups excluding carboxylic acids is 2. The molecular formula is C23H30N2O3. The number of benzene rings is 1. The molecule has 5 rings (SSSR count). The van der Waals surface area contributed by atoms with Crippen LogP contribution >= 0.6 is 0 Å². The Labute approximate surface area is 166 Å². The first kappa shape index (κ1) is 18.0. The van der Waals surface area contributed by atoms with E-state index in [1.807, 2.05) is 29.2 Å². The van der Waals surface area contributed by atoms with Crippen molar-refractivity contribution in [3.8, 4) is 5.75 Å². The van der Waals surface area contributed by atoms with E-state index in [9.17, 15) is 9.59 Å². The molecule has 0 atom stereocenters. The number of carbonyl (C=O) groups is 2. The van der Waals surface area contributed by atoms with Gasteiger partial charge in [0.15, 0.2) is 0 Å². The zero-order valence-corrected chi connectivity index (χ0v) is 16.4. The molecule has 1 heterocycles. The molecule has 0 spiro atoms. The van der Waals surface area contributed by atoms with Crippen LogP contribution in [0.3, 0.4) is 0 Å². The van der Waals surface area contributed by atoms with Gasteiger partial charge in [0.25, 0.3) is 5.91 Å². The quantitative estimate of drug-likeness (QED) is 0.786. The second kappa shape index (κ2) is 7.41. The Kier molecular flexibility index (Phi) is 4.77. The third kappa shape index (κ3) is 4.18. The van der Waals surface area contributed by atoms with Crippen molar-refractivity contribution in [1.82, 2.24) is 10.2 Å². The van der Waals surface area contributed by atoms with Crippen LogP contribution in [0.4, 0.5) is 0 Å². The molecule has 0 aromatic heterocycles. The first-order chi connectivity index (χ1) is 13.7. The largest absolute Gasteiger partial charge is 0.490 e. The Morgan fingerprint density at radius 1 is 0.893 bits per heavy atom. The van der Waals surface area contributed by atoms with E-state index in [2.05, 4.69) is 5.32 Å². The molecule has 4 fully saturated rings. The lowest BCUT2D eigenvalue weighted by Gasteiger charge is -2.32. The summed E-state index contributed by atoms with van der Waals surface area (Å²) in [6, 6.07) is 7.92. The molecule has 5 nitrogen and oxygen atoms in total. The number of piperidine rings is 1. The molecule has 28 heavy (non-hydrogen) atoms. The molecule has 4 aliphatic rings. The molecule has 0 unspecified atom stereocenters. The van der Waals surface area contributed by atoms with Gasteiger partial charge in [-0.3, -0.25) is 9.59 Å². The first-order valence-corrected chi connectivity index (χ1v) is 11.0. The topological polar surface area (TPSA) is 58.6 Å². The van der Waals surface area contributed by atoms with Crippen molar-refractivity contribution in [2.24, 2.45) is 17.8 Å². The summed E-state index contributed by atoms with van der Waals surface area (Å²) in [5, 5.41) is 3.27. The molecule has 1 aromatic rings. The minimum atomic E-state index is 0.0437. The van der Waals surface area contributed by atoms with Gasteiger partial charge in [0, 0.05) is 43.5 Å². The van der Waals surface area contributed by atoms with Gasteiger partial charge in [-0.2, -0.15) is 0 Å². The fraction of sp³-hybridized carbons (Fsp3) is 0.652. The molecule has 1 aliphatic heterocycles. The van der Waals surface area contributed by atoms with E-state index < -0.39 is 0 Å². The van der Waals surface area contributed by atoms with Crippen LogP contribution in [0.1, 0.15) is 61.7 Å². The first-order valence-electron chi connectivity index (χ1n) is 11.0. The average Bonchev–Trinajstić information content (AvgIpc) is 3.59. The normalized spacial score (nSPS) is 23.0. The minimum Gasteiger partial charge on any atom is -0.490 e. The van der Waals surface area contributed by atoms with Gasteiger partial charge in [-0.25, -0.2) is 0 Å². The van der Waals surface area contributed by atoms with Gasteiger partial charge in [0.05, 0.1) is 0 Å². The van der Waals surface area contributed by atoms with Crippen LogP contribution in [0, 0.1) is 17.8 Å². The van der Waals surface area contributed by atoms with Gasteiger partial charge in [-0.1, -0.05) is 0 Å². The van der Waals surface area contributed by atoms with Gasteiger partial charge in [0.1, 0.15) is 11.9 Å². The van der Waals surface area contributed by atoms with Crippen LogP contribution < -0.4 is 10.1 Å². The molecule has 5 heteroatoms. The van der Waals surface area contributed by atoms with E-state index in [-0.39, 0.29) is 12.0 Å². The van der Waals surface area contributed by atoms with Crippen LogP contribution in [0.2, 0.25) is 0 Å². The predicted molar refractivity (Wildman–Crippen MR) is 106 cm³/mol. The molecular weight excluding hydrogens is 352 g/mol. The smallest absolute Gasteiger partial charge is 0.251 e. The van der Waals surface area contributed by atoms with Crippen LogP contribution in [0.15, 0.2) is 24.3 Å². The molecule has 3 aliphatic carbocycles. The summed E-state index contributed by atoms with van der Waals surface area (Å²) >= 11 is 0. The maximum absolute atomic E-state index is 12.6. The maximum Gasteiger partial charge on any atom is 0.251 e. The number of rotatable bonds is 7. The van der Waals surface area contributed by atoms with E-state index in [1.54, 1.807) is 0 Å². The van der Waals surface area contributed by atoms with E-state index in [1.165, 1.54) is 25.7 Å². The number of hydrogen-bond donors (Lipinski definition) is 1. The summed E-state index contributed by atoms with van der Waals surface area (Å²) in [6.07, 6.45) is 9.10. The maximum atomic E-state index is 12.6. The monoisotopic (exact) mass is 382 g/mol. The summed E-state index contributed by atoms with van der Waals surface area (Å²) in [5.74, 6) is 2.90. The van der Waals surface area contributed by atoms with Crippen LogP contribution in [-0.2, 0) is 4.79 Å². The van der Waals surface area contributed by atoms with E-state index in [4.69, 9.17) is 4.74 Å². The number of hydrogen-bond acceptors (Lipinski definition) is 3. The molecule has 1 saturated heterocycles. The van der Waals surface area contributed by atoms with Crippen molar-refractivity contribution in [3.63, 3.8) is 0 Å². The number of ether oxygens (including phenoxy) is 1. The Morgan fingerprint density at radius 2 is 1.50 bits per heavy atom. The third-order valence-electron chi connectivity index (χ3n) is 6.66. The van der Waals surface area contributed by atoms with Gasteiger partial charge >= 0.3 is 0 Å². The molecule has 2 amide bonds. The van der Waals surface area contributed by atoms with Crippen molar-refractivity contribution < 1.29 is 14.3 Å². The highest BCUT2D eigenvalue weighted by Gasteiger charge is 2.42. The Hall–Kier alpha value is -2.04. The molecule has 1 N–H and O–H groups in total. The van der Waals surface area contributed by atoms with Gasteiger partial charge in [-0.15, -0.1) is 0 Å². The van der Waals surface area contributed by atoms with Crippen LogP contribution in [0.5, 0.6) is 5.75 Å².